The van der Waals surface area contributed by atoms with Crippen molar-refractivity contribution in [3.63, 3.8) is 0 Å². The van der Waals surface area contributed by atoms with Gasteiger partial charge in [0.25, 0.3) is 5.91 Å². The van der Waals surface area contributed by atoms with Crippen LogP contribution in [0, 0.1) is 0 Å². The van der Waals surface area contributed by atoms with Crippen LogP contribution in [0.5, 0.6) is 0 Å². The van der Waals surface area contributed by atoms with E-state index in [9.17, 15) is 9.59 Å². The van der Waals surface area contributed by atoms with E-state index in [1.54, 1.807) is 32.3 Å². The highest BCUT2D eigenvalue weighted by atomic mass is 16.4. The summed E-state index contributed by atoms with van der Waals surface area (Å²) in [4.78, 5) is 28.6. The van der Waals surface area contributed by atoms with Gasteiger partial charge in [-0.2, -0.15) is 0 Å². The Bertz CT molecular complexity index is 639. The molecule has 1 N–H and O–H groups in total. The molecule has 0 aliphatic rings. The average molecular weight is 289 g/mol. The highest BCUT2D eigenvalue weighted by Gasteiger charge is 2.22. The van der Waals surface area contributed by atoms with Crippen LogP contribution in [0.15, 0.2) is 30.9 Å². The molecule has 2 heterocycles. The number of aliphatic carboxylic acids is 1. The van der Waals surface area contributed by atoms with Gasteiger partial charge in [0.15, 0.2) is 0 Å². The van der Waals surface area contributed by atoms with Crippen molar-refractivity contribution in [2.45, 2.75) is 19.9 Å². The van der Waals surface area contributed by atoms with Crippen molar-refractivity contribution in [1.29, 1.82) is 0 Å². The number of carboxylic acids is 1. The minimum absolute atomic E-state index is 0.233. The summed E-state index contributed by atoms with van der Waals surface area (Å²) >= 11 is 0. The first kappa shape index (κ1) is 14.6. The van der Waals surface area contributed by atoms with Crippen LogP contribution in [0.2, 0.25) is 0 Å². The van der Waals surface area contributed by atoms with Crippen molar-refractivity contribution in [3.05, 3.63) is 36.4 Å². The van der Waals surface area contributed by atoms with E-state index in [1.807, 2.05) is 0 Å². The molecule has 0 fully saturated rings. The third-order valence-electron chi connectivity index (χ3n) is 2.85. The quantitative estimate of drug-likeness (QED) is 0.864. The van der Waals surface area contributed by atoms with Crippen molar-refractivity contribution in [1.82, 2.24) is 24.9 Å². The van der Waals surface area contributed by atoms with Gasteiger partial charge in [0.2, 0.25) is 0 Å². The minimum atomic E-state index is -1.06. The first-order chi connectivity index (χ1) is 9.99. The average Bonchev–Trinajstić information content (AvgIpc) is 2.98. The maximum absolute atomic E-state index is 12.4. The number of aromatic nitrogens is 4. The summed E-state index contributed by atoms with van der Waals surface area (Å²) in [5, 5.41) is 16.4. The molecule has 2 aromatic rings. The van der Waals surface area contributed by atoms with Crippen molar-refractivity contribution in [3.8, 4) is 5.69 Å². The summed E-state index contributed by atoms with van der Waals surface area (Å²) < 4.78 is 1.47. The number of hydrogen-bond acceptors (Lipinski definition) is 5. The van der Waals surface area contributed by atoms with Gasteiger partial charge in [-0.3, -0.25) is 14.6 Å². The van der Waals surface area contributed by atoms with E-state index >= 15 is 0 Å². The Kier molecular flexibility index (Phi) is 4.27. The fourth-order valence-corrected chi connectivity index (χ4v) is 1.82. The van der Waals surface area contributed by atoms with Crippen LogP contribution in [-0.4, -0.2) is 54.4 Å². The Balaban J connectivity index is 2.30. The molecule has 2 aromatic heterocycles. The molecule has 21 heavy (non-hydrogen) atoms. The topological polar surface area (TPSA) is 101 Å². The second-order valence-corrected chi connectivity index (χ2v) is 4.70. The molecule has 0 saturated heterocycles. The molecule has 8 nitrogen and oxygen atoms in total. The number of carboxylic acid groups (broad SMARTS) is 1. The molecule has 110 valence electrons. The van der Waals surface area contributed by atoms with E-state index in [4.69, 9.17) is 5.11 Å². The van der Waals surface area contributed by atoms with Gasteiger partial charge in [-0.05, 0) is 19.9 Å². The van der Waals surface area contributed by atoms with E-state index < -0.39 is 5.97 Å². The van der Waals surface area contributed by atoms with Crippen molar-refractivity contribution >= 4 is 11.9 Å². The predicted octanol–water partition coefficient (Wildman–Crippen LogP) is 0.597. The first-order valence-corrected chi connectivity index (χ1v) is 6.33. The number of carbonyl (C=O) groups excluding carboxylic acids is 1. The normalized spacial score (nSPS) is 10.6. The lowest BCUT2D eigenvalue weighted by Crippen LogP contribution is -2.40. The Hall–Kier alpha value is -2.77. The molecule has 0 spiro atoms. The van der Waals surface area contributed by atoms with Gasteiger partial charge >= 0.3 is 5.97 Å². The van der Waals surface area contributed by atoms with Gasteiger partial charge in [0.1, 0.15) is 6.54 Å². The summed E-state index contributed by atoms with van der Waals surface area (Å²) in [5.41, 5.74) is 0.885. The summed E-state index contributed by atoms with van der Waals surface area (Å²) in [6.45, 7) is 3.16. The lowest BCUT2D eigenvalue weighted by molar-refractivity contribution is -0.138. The van der Waals surface area contributed by atoms with E-state index in [0.717, 1.165) is 0 Å². The molecule has 0 unspecified atom stereocenters. The highest BCUT2D eigenvalue weighted by Crippen LogP contribution is 2.11. The summed E-state index contributed by atoms with van der Waals surface area (Å²) in [6.07, 6.45) is 6.09. The summed E-state index contributed by atoms with van der Waals surface area (Å²) in [6, 6.07) is 1.37. The maximum Gasteiger partial charge on any atom is 0.323 e. The summed E-state index contributed by atoms with van der Waals surface area (Å²) in [5.74, 6) is -1.45. The lowest BCUT2D eigenvalue weighted by Gasteiger charge is -2.24. The van der Waals surface area contributed by atoms with Crippen LogP contribution in [0.4, 0.5) is 0 Å². The van der Waals surface area contributed by atoms with Gasteiger partial charge in [-0.1, -0.05) is 5.21 Å². The smallest absolute Gasteiger partial charge is 0.323 e. The number of carbonyl (C=O) groups is 2. The first-order valence-electron chi connectivity index (χ1n) is 6.33. The zero-order valence-corrected chi connectivity index (χ0v) is 11.7. The van der Waals surface area contributed by atoms with Crippen LogP contribution in [0.3, 0.4) is 0 Å². The molecular weight excluding hydrogens is 274 g/mol. The zero-order valence-electron chi connectivity index (χ0n) is 11.7. The van der Waals surface area contributed by atoms with Gasteiger partial charge in [-0.25, -0.2) is 4.68 Å². The van der Waals surface area contributed by atoms with Gasteiger partial charge < -0.3 is 10.0 Å². The zero-order chi connectivity index (χ0) is 15.4. The molecule has 0 aromatic carbocycles. The largest absolute Gasteiger partial charge is 0.480 e. The van der Waals surface area contributed by atoms with E-state index in [2.05, 4.69) is 15.3 Å². The third kappa shape index (κ3) is 3.41. The van der Waals surface area contributed by atoms with Crippen molar-refractivity contribution in [2.24, 2.45) is 0 Å². The minimum Gasteiger partial charge on any atom is -0.480 e. The standard InChI is InChI=1S/C13H15N5O3/c1-9(2)17(8-12(19)20)13(21)10-5-11(7-14-6-10)18-4-3-15-16-18/h3-7,9H,8H2,1-2H3,(H,19,20). The van der Waals surface area contributed by atoms with E-state index in [0.29, 0.717) is 11.3 Å². The van der Waals surface area contributed by atoms with Crippen LogP contribution < -0.4 is 0 Å². The third-order valence-corrected chi connectivity index (χ3v) is 2.85. The molecular formula is C13H15N5O3. The molecule has 0 atom stereocenters. The summed E-state index contributed by atoms with van der Waals surface area (Å²) in [7, 11) is 0. The molecule has 0 aliphatic heterocycles. The number of amides is 1. The Morgan fingerprint density at radius 3 is 2.71 bits per heavy atom. The highest BCUT2D eigenvalue weighted by molar-refractivity contribution is 5.96. The molecule has 0 saturated carbocycles. The van der Waals surface area contributed by atoms with Crippen LogP contribution in [0.1, 0.15) is 24.2 Å². The Morgan fingerprint density at radius 2 is 2.14 bits per heavy atom. The second kappa shape index (κ2) is 6.12. The fourth-order valence-electron chi connectivity index (χ4n) is 1.82. The van der Waals surface area contributed by atoms with Crippen molar-refractivity contribution in [2.75, 3.05) is 6.54 Å². The second-order valence-electron chi connectivity index (χ2n) is 4.70. The van der Waals surface area contributed by atoms with Crippen LogP contribution >= 0.6 is 0 Å². The van der Waals surface area contributed by atoms with Crippen LogP contribution in [-0.2, 0) is 4.79 Å². The molecule has 0 radical (unpaired) electrons. The SMILES string of the molecule is CC(C)N(CC(=O)O)C(=O)c1cncc(-n2ccnn2)c1. The van der Waals surface area contributed by atoms with Gasteiger partial charge in [-0.15, -0.1) is 5.10 Å². The van der Waals surface area contributed by atoms with Gasteiger partial charge in [0, 0.05) is 12.2 Å². The number of rotatable bonds is 5. The number of hydrogen-bond donors (Lipinski definition) is 1. The molecule has 0 aliphatic carbocycles. The number of pyridine rings is 1. The monoisotopic (exact) mass is 289 g/mol. The Morgan fingerprint density at radius 1 is 1.38 bits per heavy atom. The Labute approximate surface area is 121 Å². The van der Waals surface area contributed by atoms with Crippen molar-refractivity contribution < 1.29 is 14.7 Å². The molecule has 1 amide bonds. The maximum atomic E-state index is 12.4. The van der Waals surface area contributed by atoms with E-state index in [-0.39, 0.29) is 18.5 Å². The van der Waals surface area contributed by atoms with E-state index in [1.165, 1.54) is 22.0 Å². The van der Waals surface area contributed by atoms with Gasteiger partial charge in [0.05, 0.1) is 29.8 Å². The molecule has 8 heteroatoms. The molecule has 2 rings (SSSR count). The van der Waals surface area contributed by atoms with Crippen LogP contribution in [0.25, 0.3) is 5.69 Å². The molecule has 0 bridgehead atoms. The lowest BCUT2D eigenvalue weighted by atomic mass is 10.2. The predicted molar refractivity (Wildman–Crippen MR) is 73.0 cm³/mol. The number of nitrogens with zero attached hydrogens (tertiary/aromatic N) is 5. The fraction of sp³-hybridized carbons (Fsp3) is 0.308.